The third kappa shape index (κ3) is 4.02. The average Bonchev–Trinajstić information content (AvgIpc) is 2.31. The van der Waals surface area contributed by atoms with Gasteiger partial charge in [-0.1, -0.05) is 19.1 Å². The maximum Gasteiger partial charge on any atom is 0.119 e. The van der Waals surface area contributed by atoms with E-state index in [0.717, 1.165) is 12.3 Å². The summed E-state index contributed by atoms with van der Waals surface area (Å²) in [5, 5.41) is 0. The fourth-order valence-corrected chi connectivity index (χ4v) is 1.83. The summed E-state index contributed by atoms with van der Waals surface area (Å²) in [5.41, 5.74) is 7.07. The van der Waals surface area contributed by atoms with Crippen LogP contribution in [-0.2, 0) is 0 Å². The van der Waals surface area contributed by atoms with Crippen molar-refractivity contribution in [3.63, 3.8) is 0 Å². The molecule has 0 heterocycles. The van der Waals surface area contributed by atoms with E-state index in [2.05, 4.69) is 31.0 Å². The van der Waals surface area contributed by atoms with Gasteiger partial charge in [-0.3, -0.25) is 4.90 Å². The second-order valence-electron chi connectivity index (χ2n) is 4.56. The Bertz CT molecular complexity index is 321. The monoisotopic (exact) mass is 236 g/mol. The number of nitrogens with two attached hydrogens (primary N) is 1. The third-order valence-corrected chi connectivity index (χ3v) is 2.89. The van der Waals surface area contributed by atoms with E-state index in [-0.39, 0.29) is 12.1 Å². The Morgan fingerprint density at radius 1 is 1.24 bits per heavy atom. The number of hydrogen-bond acceptors (Lipinski definition) is 3. The van der Waals surface area contributed by atoms with Gasteiger partial charge >= 0.3 is 0 Å². The highest BCUT2D eigenvalue weighted by Gasteiger charge is 2.13. The molecule has 0 aliphatic heterocycles. The molecule has 0 aliphatic carbocycles. The lowest BCUT2D eigenvalue weighted by molar-refractivity contribution is 0.241. The van der Waals surface area contributed by atoms with Crippen LogP contribution in [0.25, 0.3) is 0 Å². The van der Waals surface area contributed by atoms with Gasteiger partial charge in [0.25, 0.3) is 0 Å². The third-order valence-electron chi connectivity index (χ3n) is 2.89. The molecule has 0 saturated heterocycles. The minimum absolute atomic E-state index is 0.212. The van der Waals surface area contributed by atoms with Gasteiger partial charge in [-0.25, -0.2) is 0 Å². The first-order valence-corrected chi connectivity index (χ1v) is 6.25. The average molecular weight is 236 g/mol. The number of rotatable bonds is 6. The van der Waals surface area contributed by atoms with Crippen LogP contribution in [0.3, 0.4) is 0 Å². The summed E-state index contributed by atoms with van der Waals surface area (Å²) < 4.78 is 5.62. The molecule has 0 fully saturated rings. The summed E-state index contributed by atoms with van der Waals surface area (Å²) in [6, 6.07) is 8.51. The Morgan fingerprint density at radius 2 is 1.82 bits per heavy atom. The Kier molecular flexibility index (Phi) is 5.45. The van der Waals surface area contributed by atoms with Crippen molar-refractivity contribution in [1.82, 2.24) is 4.90 Å². The molecule has 3 heteroatoms. The summed E-state index contributed by atoms with van der Waals surface area (Å²) in [6.07, 6.45) is 0.212. The molecule has 0 bridgehead atoms. The molecule has 1 rings (SSSR count). The molecule has 1 aromatic carbocycles. The normalized spacial score (nSPS) is 13.1. The lowest BCUT2D eigenvalue weighted by Crippen LogP contribution is -2.30. The van der Waals surface area contributed by atoms with Gasteiger partial charge in [0.15, 0.2) is 0 Å². The summed E-state index contributed by atoms with van der Waals surface area (Å²) in [5.74, 6) is 0.915. The van der Waals surface area contributed by atoms with Crippen molar-refractivity contribution in [1.29, 1.82) is 0 Å². The second kappa shape index (κ2) is 6.62. The predicted molar refractivity (Wildman–Crippen MR) is 72.3 cm³/mol. The van der Waals surface area contributed by atoms with Crippen LogP contribution in [-0.4, -0.2) is 31.1 Å². The molecule has 1 aromatic rings. The van der Waals surface area contributed by atoms with Crippen LogP contribution >= 0.6 is 0 Å². The van der Waals surface area contributed by atoms with Gasteiger partial charge in [0.2, 0.25) is 0 Å². The first-order chi connectivity index (χ1) is 8.08. The molecule has 1 unspecified atom stereocenters. The highest BCUT2D eigenvalue weighted by atomic mass is 16.5. The molecule has 0 radical (unpaired) electrons. The molecule has 3 nitrogen and oxygen atoms in total. The largest absolute Gasteiger partial charge is 0.491 e. The fourth-order valence-electron chi connectivity index (χ4n) is 1.83. The van der Waals surface area contributed by atoms with Crippen LogP contribution in [0.5, 0.6) is 5.75 Å². The van der Waals surface area contributed by atoms with E-state index in [1.165, 1.54) is 5.56 Å². The number of nitrogens with zero attached hydrogens (tertiary/aromatic N) is 1. The van der Waals surface area contributed by atoms with Crippen molar-refractivity contribution < 1.29 is 4.74 Å². The van der Waals surface area contributed by atoms with Crippen molar-refractivity contribution in [2.75, 3.05) is 20.1 Å². The van der Waals surface area contributed by atoms with E-state index < -0.39 is 0 Å². The van der Waals surface area contributed by atoms with Crippen molar-refractivity contribution in [2.45, 2.75) is 32.9 Å². The first-order valence-electron chi connectivity index (χ1n) is 6.25. The van der Waals surface area contributed by atoms with Gasteiger partial charge in [0.1, 0.15) is 5.75 Å². The Balaban J connectivity index is 2.77. The van der Waals surface area contributed by atoms with E-state index in [0.29, 0.717) is 6.54 Å². The fraction of sp³-hybridized carbons (Fsp3) is 0.571. The van der Waals surface area contributed by atoms with Crippen LogP contribution in [0.15, 0.2) is 24.3 Å². The van der Waals surface area contributed by atoms with E-state index in [1.807, 2.05) is 26.0 Å². The van der Waals surface area contributed by atoms with Crippen LogP contribution in [0, 0.1) is 0 Å². The van der Waals surface area contributed by atoms with Crippen LogP contribution < -0.4 is 10.5 Å². The van der Waals surface area contributed by atoms with E-state index in [1.54, 1.807) is 0 Å². The number of likely N-dealkylation sites (N-methyl/N-ethyl adjacent to an activating group) is 1. The molecule has 0 aliphatic rings. The molecule has 2 N–H and O–H groups in total. The molecule has 0 spiro atoms. The molecule has 0 saturated carbocycles. The zero-order chi connectivity index (χ0) is 12.8. The highest BCUT2D eigenvalue weighted by Crippen LogP contribution is 2.21. The van der Waals surface area contributed by atoms with E-state index in [4.69, 9.17) is 10.5 Å². The maximum absolute atomic E-state index is 5.83. The second-order valence-corrected chi connectivity index (χ2v) is 4.56. The van der Waals surface area contributed by atoms with Crippen molar-refractivity contribution >= 4 is 0 Å². The highest BCUT2D eigenvalue weighted by molar-refractivity contribution is 5.29. The van der Waals surface area contributed by atoms with Crippen LogP contribution in [0.4, 0.5) is 0 Å². The SMILES string of the molecule is CCN(C)C(CN)c1ccc(OC(C)C)cc1. The minimum Gasteiger partial charge on any atom is -0.491 e. The van der Waals surface area contributed by atoms with Crippen molar-refractivity contribution in [3.8, 4) is 5.75 Å². The smallest absolute Gasteiger partial charge is 0.119 e. The van der Waals surface area contributed by atoms with Gasteiger partial charge in [-0.2, -0.15) is 0 Å². The van der Waals surface area contributed by atoms with Gasteiger partial charge in [0, 0.05) is 12.6 Å². The summed E-state index contributed by atoms with van der Waals surface area (Å²) >= 11 is 0. The first kappa shape index (κ1) is 14.0. The maximum atomic E-state index is 5.83. The summed E-state index contributed by atoms with van der Waals surface area (Å²) in [7, 11) is 2.09. The van der Waals surface area contributed by atoms with Crippen LogP contribution in [0.2, 0.25) is 0 Å². The zero-order valence-electron chi connectivity index (χ0n) is 11.3. The van der Waals surface area contributed by atoms with Crippen LogP contribution in [0.1, 0.15) is 32.4 Å². The quantitative estimate of drug-likeness (QED) is 0.824. The topological polar surface area (TPSA) is 38.5 Å². The molecule has 0 aromatic heterocycles. The molecule has 0 amide bonds. The van der Waals surface area contributed by atoms with Crippen molar-refractivity contribution in [3.05, 3.63) is 29.8 Å². The molecular weight excluding hydrogens is 212 g/mol. The number of benzene rings is 1. The predicted octanol–water partition coefficient (Wildman–Crippen LogP) is 2.43. The van der Waals surface area contributed by atoms with E-state index in [9.17, 15) is 0 Å². The Labute approximate surface area is 105 Å². The standard InChI is InChI=1S/C14H24N2O/c1-5-16(4)14(10-15)12-6-8-13(9-7-12)17-11(2)3/h6-9,11,14H,5,10,15H2,1-4H3. The van der Waals surface area contributed by atoms with Gasteiger partial charge in [-0.15, -0.1) is 0 Å². The molecule has 17 heavy (non-hydrogen) atoms. The number of ether oxygens (including phenoxy) is 1. The Morgan fingerprint density at radius 3 is 2.24 bits per heavy atom. The molecule has 1 atom stereocenters. The number of hydrogen-bond donors (Lipinski definition) is 1. The Hall–Kier alpha value is -1.06. The lowest BCUT2D eigenvalue weighted by atomic mass is 10.1. The zero-order valence-corrected chi connectivity index (χ0v) is 11.3. The van der Waals surface area contributed by atoms with Gasteiger partial charge in [0.05, 0.1) is 6.10 Å². The molecular formula is C14H24N2O. The molecule has 96 valence electrons. The van der Waals surface area contributed by atoms with Gasteiger partial charge in [-0.05, 0) is 45.1 Å². The summed E-state index contributed by atoms with van der Waals surface area (Å²) in [6.45, 7) is 7.82. The van der Waals surface area contributed by atoms with Crippen molar-refractivity contribution in [2.24, 2.45) is 5.73 Å². The lowest BCUT2D eigenvalue weighted by Gasteiger charge is -2.26. The van der Waals surface area contributed by atoms with Gasteiger partial charge < -0.3 is 10.5 Å². The van der Waals surface area contributed by atoms with E-state index >= 15 is 0 Å². The summed E-state index contributed by atoms with van der Waals surface area (Å²) in [4.78, 5) is 2.25. The minimum atomic E-state index is 0.212.